The molecule has 1 fully saturated rings. The van der Waals surface area contributed by atoms with Crippen molar-refractivity contribution in [2.24, 2.45) is 5.92 Å². The number of hydrogen-bond donors (Lipinski definition) is 1. The van der Waals surface area contributed by atoms with Gasteiger partial charge >= 0.3 is 0 Å². The Labute approximate surface area is 106 Å². The van der Waals surface area contributed by atoms with E-state index in [1.54, 1.807) is 18.4 Å². The summed E-state index contributed by atoms with van der Waals surface area (Å²) >= 11 is 1.70. The van der Waals surface area contributed by atoms with Gasteiger partial charge in [0.05, 0.1) is 18.8 Å². The van der Waals surface area contributed by atoms with Crippen LogP contribution in [-0.4, -0.2) is 38.5 Å². The van der Waals surface area contributed by atoms with Crippen LogP contribution in [0.4, 0.5) is 0 Å². The predicted molar refractivity (Wildman–Crippen MR) is 68.3 cm³/mol. The number of aromatic nitrogens is 1. The molecule has 0 aromatic carbocycles. The topological polar surface area (TPSA) is 43.4 Å². The van der Waals surface area contributed by atoms with Crippen molar-refractivity contribution in [3.8, 4) is 0 Å². The smallest absolute Gasteiger partial charge is 0.113 e. The summed E-state index contributed by atoms with van der Waals surface area (Å²) in [5.41, 5.74) is -0.0941. The van der Waals surface area contributed by atoms with E-state index in [4.69, 9.17) is 9.47 Å². The molecule has 1 aliphatic heterocycles. The van der Waals surface area contributed by atoms with Crippen LogP contribution in [0.3, 0.4) is 0 Å². The summed E-state index contributed by atoms with van der Waals surface area (Å²) < 4.78 is 10.6. The van der Waals surface area contributed by atoms with Gasteiger partial charge in [0.15, 0.2) is 0 Å². The first-order valence-electron chi connectivity index (χ1n) is 5.99. The Bertz CT molecular complexity index is 325. The van der Waals surface area contributed by atoms with Gasteiger partial charge in [0.25, 0.3) is 0 Å². The summed E-state index contributed by atoms with van der Waals surface area (Å²) in [4.78, 5) is 4.47. The van der Waals surface area contributed by atoms with E-state index in [0.717, 1.165) is 31.2 Å². The molecular formula is C12H20N2O2S. The van der Waals surface area contributed by atoms with Crippen molar-refractivity contribution < 1.29 is 9.47 Å². The van der Waals surface area contributed by atoms with Crippen molar-refractivity contribution in [1.82, 2.24) is 10.3 Å². The van der Waals surface area contributed by atoms with Crippen LogP contribution in [0.15, 0.2) is 11.6 Å². The quantitative estimate of drug-likeness (QED) is 0.786. The lowest BCUT2D eigenvalue weighted by atomic mass is 9.85. The number of rotatable bonds is 6. The highest BCUT2D eigenvalue weighted by Gasteiger charge is 2.39. The number of methoxy groups -OCH3 is 1. The van der Waals surface area contributed by atoms with Crippen LogP contribution in [0, 0.1) is 5.92 Å². The van der Waals surface area contributed by atoms with Crippen molar-refractivity contribution in [3.05, 3.63) is 16.6 Å². The molecule has 1 aliphatic rings. The molecule has 0 saturated carbocycles. The molecule has 1 N–H and O–H groups in total. The Morgan fingerprint density at radius 2 is 2.59 bits per heavy atom. The van der Waals surface area contributed by atoms with E-state index in [0.29, 0.717) is 12.5 Å². The Kier molecular flexibility index (Phi) is 4.50. The Hall–Kier alpha value is -0.490. The average molecular weight is 256 g/mol. The summed E-state index contributed by atoms with van der Waals surface area (Å²) in [6.45, 7) is 5.45. The van der Waals surface area contributed by atoms with Gasteiger partial charge in [-0.1, -0.05) is 0 Å². The van der Waals surface area contributed by atoms with Gasteiger partial charge in [-0.15, -0.1) is 11.3 Å². The zero-order valence-corrected chi connectivity index (χ0v) is 11.3. The zero-order valence-electron chi connectivity index (χ0n) is 10.4. The normalized spacial score (nSPS) is 23.8. The van der Waals surface area contributed by atoms with Crippen LogP contribution in [0.5, 0.6) is 0 Å². The third kappa shape index (κ3) is 2.85. The zero-order chi connectivity index (χ0) is 12.1. The summed E-state index contributed by atoms with van der Waals surface area (Å²) in [5.74, 6) is 0.491. The molecule has 4 nitrogen and oxygen atoms in total. The standard InChI is InChI=1S/C12H20N2O2S/c1-12(14-4-7-15-2,10-3-6-16-9-10)11-13-5-8-17-11/h5,8,10,14H,3-4,6-7,9H2,1-2H3. The molecule has 1 aromatic heterocycles. The lowest BCUT2D eigenvalue weighted by molar-refractivity contribution is 0.138. The lowest BCUT2D eigenvalue weighted by Crippen LogP contribution is -2.47. The molecule has 1 saturated heterocycles. The Morgan fingerprint density at radius 3 is 3.18 bits per heavy atom. The van der Waals surface area contributed by atoms with E-state index in [2.05, 4.69) is 17.2 Å². The van der Waals surface area contributed by atoms with Gasteiger partial charge in [0.1, 0.15) is 5.01 Å². The molecule has 17 heavy (non-hydrogen) atoms. The van der Waals surface area contributed by atoms with Crippen LogP contribution in [0.2, 0.25) is 0 Å². The molecule has 2 unspecified atom stereocenters. The molecule has 0 bridgehead atoms. The van der Waals surface area contributed by atoms with E-state index >= 15 is 0 Å². The predicted octanol–water partition coefficient (Wildman–Crippen LogP) is 1.63. The van der Waals surface area contributed by atoms with E-state index in [-0.39, 0.29) is 5.54 Å². The fourth-order valence-electron chi connectivity index (χ4n) is 2.28. The first kappa shape index (κ1) is 13.0. The fourth-order valence-corrected chi connectivity index (χ4v) is 3.13. The van der Waals surface area contributed by atoms with Crippen LogP contribution in [-0.2, 0) is 15.0 Å². The minimum Gasteiger partial charge on any atom is -0.383 e. The first-order valence-corrected chi connectivity index (χ1v) is 6.87. The molecule has 0 aliphatic carbocycles. The van der Waals surface area contributed by atoms with Gasteiger partial charge in [0, 0.05) is 37.8 Å². The molecule has 2 rings (SSSR count). The molecule has 0 amide bonds. The maximum Gasteiger partial charge on any atom is 0.113 e. The van der Waals surface area contributed by atoms with Crippen molar-refractivity contribution >= 4 is 11.3 Å². The Morgan fingerprint density at radius 1 is 1.71 bits per heavy atom. The van der Waals surface area contributed by atoms with Gasteiger partial charge in [0.2, 0.25) is 0 Å². The van der Waals surface area contributed by atoms with E-state index in [9.17, 15) is 0 Å². The third-order valence-corrected chi connectivity index (χ3v) is 4.43. The maximum atomic E-state index is 5.51. The summed E-state index contributed by atoms with van der Waals surface area (Å²) in [7, 11) is 1.72. The molecule has 1 aromatic rings. The number of ether oxygens (including phenoxy) is 2. The van der Waals surface area contributed by atoms with Gasteiger partial charge in [-0.05, 0) is 13.3 Å². The highest BCUT2D eigenvalue weighted by Crippen LogP contribution is 2.35. The molecule has 2 atom stereocenters. The second-order valence-electron chi connectivity index (χ2n) is 4.52. The SMILES string of the molecule is COCCNC(C)(c1nccs1)C1CCOC1. The number of nitrogens with one attached hydrogen (secondary N) is 1. The van der Waals surface area contributed by atoms with Crippen molar-refractivity contribution in [1.29, 1.82) is 0 Å². The number of hydrogen-bond acceptors (Lipinski definition) is 5. The largest absolute Gasteiger partial charge is 0.383 e. The van der Waals surface area contributed by atoms with E-state index < -0.39 is 0 Å². The molecule has 0 spiro atoms. The molecule has 5 heteroatoms. The molecule has 96 valence electrons. The Balaban J connectivity index is 2.10. The van der Waals surface area contributed by atoms with Crippen molar-refractivity contribution in [2.45, 2.75) is 18.9 Å². The van der Waals surface area contributed by atoms with Gasteiger partial charge in [-0.25, -0.2) is 4.98 Å². The summed E-state index contributed by atoms with van der Waals surface area (Å²) in [5, 5.41) is 6.76. The van der Waals surface area contributed by atoms with Crippen LogP contribution >= 0.6 is 11.3 Å². The lowest BCUT2D eigenvalue weighted by Gasteiger charge is -2.34. The van der Waals surface area contributed by atoms with Crippen molar-refractivity contribution in [2.75, 3.05) is 33.5 Å². The fraction of sp³-hybridized carbons (Fsp3) is 0.750. The average Bonchev–Trinajstić information content (AvgIpc) is 3.02. The van der Waals surface area contributed by atoms with Crippen LogP contribution in [0.1, 0.15) is 18.4 Å². The van der Waals surface area contributed by atoms with Gasteiger partial charge in [-0.3, -0.25) is 0 Å². The number of nitrogens with zero attached hydrogens (tertiary/aromatic N) is 1. The highest BCUT2D eigenvalue weighted by molar-refractivity contribution is 7.09. The van der Waals surface area contributed by atoms with E-state index in [1.807, 2.05) is 11.6 Å². The van der Waals surface area contributed by atoms with E-state index in [1.165, 1.54) is 0 Å². The molecule has 2 heterocycles. The minimum atomic E-state index is -0.0941. The van der Waals surface area contributed by atoms with Crippen molar-refractivity contribution in [3.63, 3.8) is 0 Å². The summed E-state index contributed by atoms with van der Waals surface area (Å²) in [6, 6.07) is 0. The highest BCUT2D eigenvalue weighted by atomic mass is 32.1. The minimum absolute atomic E-state index is 0.0941. The van der Waals surface area contributed by atoms with Crippen LogP contribution < -0.4 is 5.32 Å². The van der Waals surface area contributed by atoms with Gasteiger partial charge in [-0.2, -0.15) is 0 Å². The van der Waals surface area contributed by atoms with Gasteiger partial charge < -0.3 is 14.8 Å². The first-order chi connectivity index (χ1) is 8.27. The number of thiazole rings is 1. The second-order valence-corrected chi connectivity index (χ2v) is 5.41. The molecular weight excluding hydrogens is 236 g/mol. The second kappa shape index (κ2) is 5.91. The van der Waals surface area contributed by atoms with Crippen LogP contribution in [0.25, 0.3) is 0 Å². The third-order valence-electron chi connectivity index (χ3n) is 3.42. The monoisotopic (exact) mass is 256 g/mol. The maximum absolute atomic E-state index is 5.51. The summed E-state index contributed by atoms with van der Waals surface area (Å²) in [6.07, 6.45) is 2.96. The molecule has 0 radical (unpaired) electrons.